The molecule has 0 spiro atoms. The van der Waals surface area contributed by atoms with Gasteiger partial charge in [-0.15, -0.1) is 0 Å². The van der Waals surface area contributed by atoms with E-state index in [0.717, 1.165) is 38.0 Å². The number of nitrogens with one attached hydrogen (secondary N) is 1. The molecule has 2 N–H and O–H groups in total. The molecule has 2 aromatic rings. The summed E-state index contributed by atoms with van der Waals surface area (Å²) in [4.78, 5) is 29.4. The second-order valence-electron chi connectivity index (χ2n) is 8.83. The molecule has 8 heteroatoms. The molecule has 1 aliphatic heterocycles. The summed E-state index contributed by atoms with van der Waals surface area (Å²) < 4.78 is 2.20. The van der Waals surface area contributed by atoms with Crippen LogP contribution in [0.15, 0.2) is 18.3 Å². The highest BCUT2D eigenvalue weighted by molar-refractivity contribution is 5.84. The van der Waals surface area contributed by atoms with Crippen LogP contribution >= 0.6 is 0 Å². The third kappa shape index (κ3) is 4.36. The maximum atomic E-state index is 12.8. The Kier molecular flexibility index (Phi) is 5.86. The lowest BCUT2D eigenvalue weighted by molar-refractivity contribution is -0.137. The van der Waals surface area contributed by atoms with Crippen molar-refractivity contribution < 1.29 is 14.7 Å². The zero-order valence-corrected chi connectivity index (χ0v) is 17.9. The highest BCUT2D eigenvalue weighted by Gasteiger charge is 2.44. The molecule has 0 radical (unpaired) electrons. The largest absolute Gasteiger partial charge is 0.465 e. The molecule has 2 amide bonds. The van der Waals surface area contributed by atoms with E-state index in [-0.39, 0.29) is 5.92 Å². The van der Waals surface area contributed by atoms with Crippen molar-refractivity contribution in [3.05, 3.63) is 29.6 Å². The molecule has 0 unspecified atom stereocenters. The Labute approximate surface area is 181 Å². The van der Waals surface area contributed by atoms with Crippen molar-refractivity contribution in [2.24, 2.45) is 13.0 Å². The standard InChI is InChI=1S/C18H23N3O.C5H6N2O2/c1-20-16-9-11-21(18(22)13-6-3-2-4-7-13)12-15(16)14-8-5-10-19-17(14)20;6-3-5(1-2-5)7-4(8)9/h5,8,10,13H,2-4,6-7,9,11-12H2,1H3;7H,1-2H2,(H,8,9). The van der Waals surface area contributed by atoms with Gasteiger partial charge in [-0.2, -0.15) is 5.26 Å². The molecule has 0 atom stereocenters. The van der Waals surface area contributed by atoms with Crippen molar-refractivity contribution in [2.75, 3.05) is 6.54 Å². The van der Waals surface area contributed by atoms with E-state index in [1.165, 1.54) is 35.9 Å². The number of hydrogen-bond donors (Lipinski definition) is 2. The van der Waals surface area contributed by atoms with Crippen LogP contribution in [0, 0.1) is 17.2 Å². The first-order valence-corrected chi connectivity index (χ1v) is 11.1. The highest BCUT2D eigenvalue weighted by Crippen LogP contribution is 2.34. The van der Waals surface area contributed by atoms with Gasteiger partial charge in [0.05, 0.1) is 6.07 Å². The molecule has 8 nitrogen and oxygen atoms in total. The number of carboxylic acid groups (broad SMARTS) is 1. The minimum atomic E-state index is -1.12. The quantitative estimate of drug-likeness (QED) is 0.769. The molecule has 5 rings (SSSR count). The van der Waals surface area contributed by atoms with Crippen molar-refractivity contribution in [2.45, 2.75) is 63.5 Å². The number of nitriles is 1. The summed E-state index contributed by atoms with van der Waals surface area (Å²) in [6.07, 6.45) is 8.86. The van der Waals surface area contributed by atoms with E-state index in [1.54, 1.807) is 0 Å². The molecule has 2 aromatic heterocycles. The summed E-state index contributed by atoms with van der Waals surface area (Å²) in [5.74, 6) is 0.648. The fourth-order valence-corrected chi connectivity index (χ4v) is 4.78. The van der Waals surface area contributed by atoms with Gasteiger partial charge in [0.1, 0.15) is 11.2 Å². The Morgan fingerprint density at radius 1 is 1.29 bits per heavy atom. The number of carbonyl (C=O) groups is 2. The maximum Gasteiger partial charge on any atom is 0.405 e. The Balaban J connectivity index is 0.000000217. The van der Waals surface area contributed by atoms with E-state index < -0.39 is 11.6 Å². The van der Waals surface area contributed by atoms with E-state index in [9.17, 15) is 9.59 Å². The zero-order chi connectivity index (χ0) is 22.0. The van der Waals surface area contributed by atoms with E-state index >= 15 is 0 Å². The predicted octanol–water partition coefficient (Wildman–Crippen LogP) is 3.35. The first-order chi connectivity index (χ1) is 14.9. The molecule has 31 heavy (non-hydrogen) atoms. The lowest BCUT2D eigenvalue weighted by Crippen LogP contribution is -2.40. The lowest BCUT2D eigenvalue weighted by atomic mass is 9.87. The van der Waals surface area contributed by atoms with Crippen molar-refractivity contribution >= 4 is 23.0 Å². The van der Waals surface area contributed by atoms with Gasteiger partial charge >= 0.3 is 6.09 Å². The van der Waals surface area contributed by atoms with Crippen LogP contribution in [0.5, 0.6) is 0 Å². The highest BCUT2D eigenvalue weighted by atomic mass is 16.4. The summed E-state index contributed by atoms with van der Waals surface area (Å²) in [6.45, 7) is 1.61. The van der Waals surface area contributed by atoms with Gasteiger partial charge in [0.15, 0.2) is 0 Å². The van der Waals surface area contributed by atoms with Crippen LogP contribution in [0.25, 0.3) is 11.0 Å². The zero-order valence-electron chi connectivity index (χ0n) is 17.9. The summed E-state index contributed by atoms with van der Waals surface area (Å²) in [5, 5.41) is 19.8. The lowest BCUT2D eigenvalue weighted by Gasteiger charge is -2.32. The normalized spacial score (nSPS) is 19.5. The Morgan fingerprint density at radius 3 is 2.65 bits per heavy atom. The molecular formula is C23H29N5O3. The van der Waals surface area contributed by atoms with E-state index in [2.05, 4.69) is 32.9 Å². The Bertz CT molecular complexity index is 1030. The topological polar surface area (TPSA) is 111 Å². The molecule has 3 heterocycles. The van der Waals surface area contributed by atoms with E-state index in [0.29, 0.717) is 18.7 Å². The average molecular weight is 424 g/mol. The predicted molar refractivity (Wildman–Crippen MR) is 115 cm³/mol. The fraction of sp³-hybridized carbons (Fsp3) is 0.565. The van der Waals surface area contributed by atoms with Gasteiger partial charge in [-0.3, -0.25) is 4.79 Å². The van der Waals surface area contributed by atoms with Gasteiger partial charge in [0.25, 0.3) is 0 Å². The van der Waals surface area contributed by atoms with E-state index in [1.807, 2.05) is 18.3 Å². The molecule has 2 aliphatic carbocycles. The minimum Gasteiger partial charge on any atom is -0.465 e. The van der Waals surface area contributed by atoms with Crippen LogP contribution in [-0.4, -0.2) is 43.6 Å². The molecule has 164 valence electrons. The van der Waals surface area contributed by atoms with Crippen LogP contribution in [0.1, 0.15) is 56.2 Å². The van der Waals surface area contributed by atoms with Crippen LogP contribution in [-0.2, 0) is 24.8 Å². The Hall–Kier alpha value is -3.08. The number of aromatic nitrogens is 2. The van der Waals surface area contributed by atoms with Crippen LogP contribution in [0.2, 0.25) is 0 Å². The van der Waals surface area contributed by atoms with Crippen molar-refractivity contribution in [3.8, 4) is 6.07 Å². The van der Waals surface area contributed by atoms with Gasteiger partial charge in [-0.1, -0.05) is 19.3 Å². The first-order valence-electron chi connectivity index (χ1n) is 11.1. The number of aryl methyl sites for hydroxylation is 1. The number of rotatable bonds is 2. The van der Waals surface area contributed by atoms with E-state index in [4.69, 9.17) is 10.4 Å². The number of carbonyl (C=O) groups excluding carboxylic acids is 1. The second-order valence-corrected chi connectivity index (χ2v) is 8.83. The van der Waals surface area contributed by atoms with Gasteiger partial charge in [0, 0.05) is 55.3 Å². The van der Waals surface area contributed by atoms with Crippen LogP contribution in [0.4, 0.5) is 4.79 Å². The summed E-state index contributed by atoms with van der Waals surface area (Å²) in [7, 11) is 2.09. The van der Waals surface area contributed by atoms with Crippen molar-refractivity contribution in [1.82, 2.24) is 19.8 Å². The van der Waals surface area contributed by atoms with Crippen molar-refractivity contribution in [3.63, 3.8) is 0 Å². The number of nitrogens with zero attached hydrogens (tertiary/aromatic N) is 4. The fourth-order valence-electron chi connectivity index (χ4n) is 4.78. The van der Waals surface area contributed by atoms with Crippen LogP contribution < -0.4 is 5.32 Å². The Morgan fingerprint density at radius 2 is 2.03 bits per heavy atom. The average Bonchev–Trinajstić information content (AvgIpc) is 3.51. The first kappa shape index (κ1) is 21.2. The second kappa shape index (κ2) is 8.58. The van der Waals surface area contributed by atoms with Gasteiger partial charge in [0.2, 0.25) is 5.91 Å². The van der Waals surface area contributed by atoms with Gasteiger partial charge in [-0.05, 0) is 37.8 Å². The third-order valence-electron chi connectivity index (χ3n) is 6.73. The molecule has 0 saturated heterocycles. The number of fused-ring (bicyclic) bond motifs is 3. The van der Waals surface area contributed by atoms with Crippen LogP contribution in [0.3, 0.4) is 0 Å². The maximum absolute atomic E-state index is 12.8. The smallest absolute Gasteiger partial charge is 0.405 e. The molecule has 2 saturated carbocycles. The van der Waals surface area contributed by atoms with Gasteiger partial charge < -0.3 is 19.9 Å². The minimum absolute atomic E-state index is 0.267. The summed E-state index contributed by atoms with van der Waals surface area (Å²) in [5.41, 5.74) is 2.97. The summed E-state index contributed by atoms with van der Waals surface area (Å²) in [6, 6.07) is 6.02. The summed E-state index contributed by atoms with van der Waals surface area (Å²) >= 11 is 0. The molecule has 2 fully saturated rings. The molecular weight excluding hydrogens is 394 g/mol. The van der Waals surface area contributed by atoms with Gasteiger partial charge in [-0.25, -0.2) is 9.78 Å². The SMILES string of the molecule is Cn1c2c(c3cccnc31)CN(C(=O)C1CCCCC1)CC2.N#CC1(NC(=O)O)CC1. The van der Waals surface area contributed by atoms with Crippen molar-refractivity contribution in [1.29, 1.82) is 5.26 Å². The number of pyridine rings is 1. The third-order valence-corrected chi connectivity index (χ3v) is 6.73. The molecule has 3 aliphatic rings. The monoisotopic (exact) mass is 423 g/mol. The molecule has 0 aromatic carbocycles. The number of hydrogen-bond acceptors (Lipinski definition) is 4. The molecule has 0 bridgehead atoms. The number of amides is 2.